The summed E-state index contributed by atoms with van der Waals surface area (Å²) in [6, 6.07) is -0.638. The molecule has 0 spiro atoms. The molecule has 2 atom stereocenters. The van der Waals surface area contributed by atoms with Crippen molar-refractivity contribution in [3.8, 4) is 0 Å². The number of hydrogen-bond donors (Lipinski definition) is 0. The Kier molecular flexibility index (Phi) is 9.27. The molecule has 0 N–H and O–H groups in total. The number of hydrogen-bond acceptors (Lipinski definition) is 5. The number of carbonyl (C=O) groups is 2. The van der Waals surface area contributed by atoms with Crippen molar-refractivity contribution in [2.24, 2.45) is 0 Å². The highest BCUT2D eigenvalue weighted by Gasteiger charge is 2.53. The summed E-state index contributed by atoms with van der Waals surface area (Å²) in [5.41, 5.74) is 0. The van der Waals surface area contributed by atoms with Crippen LogP contribution in [0.2, 0.25) is 0 Å². The highest BCUT2D eigenvalue weighted by molar-refractivity contribution is 5.86. The number of amides is 1. The molecule has 25 heavy (non-hydrogen) atoms. The maximum Gasteiger partial charge on any atom is 0.326 e. The number of rotatable bonds is 12. The first-order valence-corrected chi connectivity index (χ1v) is 8.80. The summed E-state index contributed by atoms with van der Waals surface area (Å²) in [6.07, 6.45) is 2.19. The normalized spacial score (nSPS) is 20.8. The smallest absolute Gasteiger partial charge is 0.326 e. The van der Waals surface area contributed by atoms with E-state index in [1.54, 1.807) is 6.92 Å². The maximum atomic E-state index is 13.7. The maximum absolute atomic E-state index is 13.7. The van der Waals surface area contributed by atoms with Crippen LogP contribution in [0.5, 0.6) is 0 Å². The lowest BCUT2D eigenvalue weighted by Gasteiger charge is -2.25. The Labute approximate surface area is 147 Å². The van der Waals surface area contributed by atoms with E-state index >= 15 is 0 Å². The van der Waals surface area contributed by atoms with Crippen molar-refractivity contribution >= 4 is 11.9 Å². The van der Waals surface area contributed by atoms with E-state index < -0.39 is 30.6 Å². The van der Waals surface area contributed by atoms with Gasteiger partial charge >= 0.3 is 11.9 Å². The average molecular weight is 365 g/mol. The molecule has 0 aromatic carbocycles. The molecule has 0 bridgehead atoms. The number of nitrogens with zero attached hydrogens (tertiary/aromatic N) is 1. The largest absolute Gasteiger partial charge is 0.469 e. The second kappa shape index (κ2) is 10.7. The number of ether oxygens (including phenoxy) is 3. The van der Waals surface area contributed by atoms with Crippen LogP contribution in [0.3, 0.4) is 0 Å². The second-order valence-electron chi connectivity index (χ2n) is 6.16. The summed E-state index contributed by atoms with van der Waals surface area (Å²) in [4.78, 5) is 24.1. The van der Waals surface area contributed by atoms with Gasteiger partial charge in [-0.2, -0.15) is 8.78 Å². The zero-order valence-electron chi connectivity index (χ0n) is 15.3. The Morgan fingerprint density at radius 3 is 2.60 bits per heavy atom. The minimum Gasteiger partial charge on any atom is -0.469 e. The predicted octanol–water partition coefficient (Wildman–Crippen LogP) is 2.75. The molecule has 0 saturated carbocycles. The molecule has 6 nitrogen and oxygen atoms in total. The SMILES string of the molecule is CCOC(C)OC[C@H]1CC(F)(F)C(=O)N1CCCCCCC(=O)OC. The molecular weight excluding hydrogens is 336 g/mol. The minimum absolute atomic E-state index is 0.0326. The van der Waals surface area contributed by atoms with Gasteiger partial charge in [0.25, 0.3) is 5.91 Å². The fourth-order valence-corrected chi connectivity index (χ4v) is 2.84. The van der Waals surface area contributed by atoms with Gasteiger partial charge in [0.15, 0.2) is 6.29 Å². The van der Waals surface area contributed by atoms with Crippen LogP contribution in [0.25, 0.3) is 0 Å². The summed E-state index contributed by atoms with van der Waals surface area (Å²) in [5.74, 6) is -4.71. The first-order chi connectivity index (χ1) is 11.8. The highest BCUT2D eigenvalue weighted by Crippen LogP contribution is 2.34. The predicted molar refractivity (Wildman–Crippen MR) is 87.2 cm³/mol. The summed E-state index contributed by atoms with van der Waals surface area (Å²) in [6.45, 7) is 4.29. The van der Waals surface area contributed by atoms with Gasteiger partial charge in [-0.1, -0.05) is 12.8 Å². The molecule has 1 aliphatic rings. The Morgan fingerprint density at radius 2 is 1.96 bits per heavy atom. The Hall–Kier alpha value is -1.28. The Balaban J connectivity index is 2.38. The van der Waals surface area contributed by atoms with E-state index in [2.05, 4.69) is 4.74 Å². The topological polar surface area (TPSA) is 65.1 Å². The standard InChI is InChI=1S/C17H29F2NO5/c1-4-24-13(2)25-12-14-11-17(18,19)16(22)20(14)10-8-6-5-7-9-15(21)23-3/h13-14H,4-12H2,1-3H3/t13?,14-/m1/s1. The van der Waals surface area contributed by atoms with Crippen molar-refractivity contribution in [1.82, 2.24) is 4.90 Å². The molecule has 1 rings (SSSR count). The zero-order chi connectivity index (χ0) is 18.9. The van der Waals surface area contributed by atoms with Crippen molar-refractivity contribution in [1.29, 1.82) is 0 Å². The summed E-state index contributed by atoms with van der Waals surface area (Å²) < 4.78 is 42.7. The molecule has 8 heteroatoms. The van der Waals surface area contributed by atoms with Gasteiger partial charge in [0, 0.05) is 26.0 Å². The Bertz CT molecular complexity index is 433. The number of alkyl halides is 2. The summed E-state index contributed by atoms with van der Waals surface area (Å²) in [5, 5.41) is 0. The van der Waals surface area contributed by atoms with Gasteiger partial charge in [0.1, 0.15) is 0 Å². The van der Waals surface area contributed by atoms with E-state index in [4.69, 9.17) is 9.47 Å². The van der Waals surface area contributed by atoms with E-state index in [1.807, 2.05) is 6.92 Å². The highest BCUT2D eigenvalue weighted by atomic mass is 19.3. The molecule has 1 fully saturated rings. The number of carbonyl (C=O) groups excluding carboxylic acids is 2. The van der Waals surface area contributed by atoms with Crippen LogP contribution >= 0.6 is 0 Å². The number of unbranched alkanes of at least 4 members (excludes halogenated alkanes) is 3. The fraction of sp³-hybridized carbons (Fsp3) is 0.882. The van der Waals surface area contributed by atoms with Gasteiger partial charge in [0.2, 0.25) is 0 Å². The van der Waals surface area contributed by atoms with Crippen LogP contribution in [-0.4, -0.2) is 61.9 Å². The quantitative estimate of drug-likeness (QED) is 0.302. The lowest BCUT2D eigenvalue weighted by atomic mass is 10.1. The van der Waals surface area contributed by atoms with Gasteiger partial charge in [-0.3, -0.25) is 9.59 Å². The lowest BCUT2D eigenvalue weighted by Crippen LogP contribution is -2.39. The molecule has 1 saturated heterocycles. The molecular formula is C17H29F2NO5. The molecule has 1 aliphatic heterocycles. The van der Waals surface area contributed by atoms with Gasteiger partial charge in [0.05, 0.1) is 19.8 Å². The van der Waals surface area contributed by atoms with Crippen molar-refractivity contribution in [3.05, 3.63) is 0 Å². The van der Waals surface area contributed by atoms with Crippen LogP contribution in [0.1, 0.15) is 52.4 Å². The number of methoxy groups -OCH3 is 1. The second-order valence-corrected chi connectivity index (χ2v) is 6.16. The first-order valence-electron chi connectivity index (χ1n) is 8.80. The number of likely N-dealkylation sites (tertiary alicyclic amines) is 1. The van der Waals surface area contributed by atoms with Crippen molar-refractivity contribution < 1.29 is 32.6 Å². The van der Waals surface area contributed by atoms with Crippen molar-refractivity contribution in [3.63, 3.8) is 0 Å². The van der Waals surface area contributed by atoms with E-state index in [0.717, 1.165) is 12.8 Å². The molecule has 146 valence electrons. The van der Waals surface area contributed by atoms with E-state index in [1.165, 1.54) is 12.0 Å². The zero-order valence-corrected chi connectivity index (χ0v) is 15.3. The summed E-state index contributed by atoms with van der Waals surface area (Å²) >= 11 is 0. The molecule has 1 unspecified atom stereocenters. The molecule has 0 aromatic rings. The molecule has 1 heterocycles. The molecule has 0 aromatic heterocycles. The number of halogens is 2. The first kappa shape index (κ1) is 21.8. The molecule has 0 aliphatic carbocycles. The van der Waals surface area contributed by atoms with Crippen molar-refractivity contribution in [2.75, 3.05) is 26.9 Å². The van der Waals surface area contributed by atoms with Crippen LogP contribution in [0.4, 0.5) is 8.78 Å². The third-order valence-electron chi connectivity index (χ3n) is 4.19. The number of esters is 1. The molecule has 0 radical (unpaired) electrons. The Morgan fingerprint density at radius 1 is 1.28 bits per heavy atom. The van der Waals surface area contributed by atoms with Crippen LogP contribution in [0.15, 0.2) is 0 Å². The van der Waals surface area contributed by atoms with E-state index in [0.29, 0.717) is 25.9 Å². The van der Waals surface area contributed by atoms with Crippen LogP contribution in [-0.2, 0) is 23.8 Å². The van der Waals surface area contributed by atoms with E-state index in [9.17, 15) is 18.4 Å². The van der Waals surface area contributed by atoms with E-state index in [-0.39, 0.29) is 19.1 Å². The lowest BCUT2D eigenvalue weighted by molar-refractivity contribution is -0.150. The summed E-state index contributed by atoms with van der Waals surface area (Å²) in [7, 11) is 1.34. The van der Waals surface area contributed by atoms with Crippen LogP contribution < -0.4 is 0 Å². The third-order valence-corrected chi connectivity index (χ3v) is 4.19. The third kappa shape index (κ3) is 7.23. The van der Waals surface area contributed by atoms with Gasteiger partial charge in [-0.15, -0.1) is 0 Å². The average Bonchev–Trinajstić information content (AvgIpc) is 2.78. The monoisotopic (exact) mass is 365 g/mol. The van der Waals surface area contributed by atoms with Crippen molar-refractivity contribution in [2.45, 2.75) is 70.6 Å². The minimum atomic E-state index is -3.33. The van der Waals surface area contributed by atoms with Gasteiger partial charge < -0.3 is 19.1 Å². The van der Waals surface area contributed by atoms with Crippen LogP contribution in [0, 0.1) is 0 Å². The molecule has 1 amide bonds. The van der Waals surface area contributed by atoms with Gasteiger partial charge in [-0.05, 0) is 26.7 Å². The van der Waals surface area contributed by atoms with Gasteiger partial charge in [-0.25, -0.2) is 0 Å². The fourth-order valence-electron chi connectivity index (χ4n) is 2.84.